The molecule has 1 aromatic carbocycles. The summed E-state index contributed by atoms with van der Waals surface area (Å²) in [6, 6.07) is 11.1. The Kier molecular flexibility index (Phi) is 1.92. The highest BCUT2D eigenvalue weighted by molar-refractivity contribution is 5.39. The predicted molar refractivity (Wildman–Crippen MR) is 64.0 cm³/mol. The number of hydrogen-bond acceptors (Lipinski definition) is 1. The van der Waals surface area contributed by atoms with Gasteiger partial charge >= 0.3 is 0 Å². The van der Waals surface area contributed by atoms with Gasteiger partial charge in [0, 0.05) is 0 Å². The molecule has 0 N–H and O–H groups in total. The van der Waals surface area contributed by atoms with Crippen LogP contribution in [0.15, 0.2) is 24.3 Å². The third kappa shape index (κ3) is 1.23. The van der Waals surface area contributed by atoms with Crippen molar-refractivity contribution in [1.82, 2.24) is 0 Å². The van der Waals surface area contributed by atoms with Gasteiger partial charge in [-0.2, -0.15) is 5.26 Å². The number of benzene rings is 1. The number of nitriles is 1. The lowest BCUT2D eigenvalue weighted by molar-refractivity contribution is -0.0227. The molecule has 1 spiro atoms. The fourth-order valence-corrected chi connectivity index (χ4v) is 3.48. The summed E-state index contributed by atoms with van der Waals surface area (Å²) in [5.74, 6) is 0. The molecule has 0 saturated heterocycles. The van der Waals surface area contributed by atoms with Gasteiger partial charge in [0.2, 0.25) is 0 Å². The quantitative estimate of drug-likeness (QED) is 0.694. The summed E-state index contributed by atoms with van der Waals surface area (Å²) < 4.78 is 0. The van der Waals surface area contributed by atoms with Crippen molar-refractivity contribution < 1.29 is 0 Å². The Morgan fingerprint density at radius 3 is 2.19 bits per heavy atom. The summed E-state index contributed by atoms with van der Waals surface area (Å²) >= 11 is 0. The Bertz CT molecular complexity index is 437. The van der Waals surface area contributed by atoms with E-state index in [-0.39, 0.29) is 5.41 Å². The van der Waals surface area contributed by atoms with Crippen LogP contribution in [0.2, 0.25) is 0 Å². The minimum absolute atomic E-state index is 0.159. The molecule has 2 saturated carbocycles. The van der Waals surface area contributed by atoms with Crippen LogP contribution in [0.25, 0.3) is 0 Å². The number of aryl methyl sites for hydroxylation is 1. The molecule has 1 aromatic rings. The largest absolute Gasteiger partial charge is 0.197 e. The summed E-state index contributed by atoms with van der Waals surface area (Å²) in [5, 5.41) is 9.46. The molecule has 0 bridgehead atoms. The zero-order valence-electron chi connectivity index (χ0n) is 9.79. The summed E-state index contributed by atoms with van der Waals surface area (Å²) in [6.07, 6.45) is 6.26. The lowest BCUT2D eigenvalue weighted by Crippen LogP contribution is -2.52. The topological polar surface area (TPSA) is 23.8 Å². The molecule has 3 rings (SSSR count). The van der Waals surface area contributed by atoms with Crippen molar-refractivity contribution >= 4 is 0 Å². The number of nitrogens with zero attached hydrogens (tertiary/aromatic N) is 1. The van der Waals surface area contributed by atoms with Crippen molar-refractivity contribution in [3.8, 4) is 6.07 Å². The minimum atomic E-state index is -0.159. The van der Waals surface area contributed by atoms with E-state index in [1.165, 1.54) is 30.4 Å². The Hall–Kier alpha value is -1.29. The predicted octanol–water partition coefficient (Wildman–Crippen LogP) is 3.72. The Morgan fingerprint density at radius 1 is 1.12 bits per heavy atom. The molecule has 0 unspecified atom stereocenters. The highest BCUT2D eigenvalue weighted by atomic mass is 14.6. The third-order valence-electron chi connectivity index (χ3n) is 4.59. The normalized spacial score (nSPS) is 24.2. The van der Waals surface area contributed by atoms with E-state index < -0.39 is 0 Å². The highest BCUT2D eigenvalue weighted by Crippen LogP contribution is 2.64. The monoisotopic (exact) mass is 211 g/mol. The van der Waals surface area contributed by atoms with Gasteiger partial charge in [0.15, 0.2) is 0 Å². The first kappa shape index (κ1) is 9.90. The second-order valence-electron chi connectivity index (χ2n) is 5.77. The van der Waals surface area contributed by atoms with Crippen LogP contribution < -0.4 is 0 Å². The molecule has 2 aliphatic carbocycles. The van der Waals surface area contributed by atoms with Crippen molar-refractivity contribution in [2.24, 2.45) is 5.41 Å². The van der Waals surface area contributed by atoms with E-state index in [1.54, 1.807) is 0 Å². The molecule has 0 radical (unpaired) electrons. The third-order valence-corrected chi connectivity index (χ3v) is 4.59. The van der Waals surface area contributed by atoms with Crippen LogP contribution in [-0.4, -0.2) is 0 Å². The van der Waals surface area contributed by atoms with Crippen molar-refractivity contribution in [1.29, 1.82) is 5.26 Å². The van der Waals surface area contributed by atoms with Gasteiger partial charge in [-0.15, -0.1) is 0 Å². The standard InChI is InChI=1S/C15H17N/c1-12-3-5-13(6-4-12)15(11-16)9-14(10-15)7-2-8-14/h3-6H,2,7-10H2,1H3. The molecular weight excluding hydrogens is 194 g/mol. The lowest BCUT2D eigenvalue weighted by atomic mass is 9.44. The average molecular weight is 211 g/mol. The zero-order valence-corrected chi connectivity index (χ0v) is 9.79. The average Bonchev–Trinajstić information content (AvgIpc) is 2.17. The molecular formula is C15H17N. The maximum atomic E-state index is 9.46. The molecule has 1 nitrogen and oxygen atoms in total. The van der Waals surface area contributed by atoms with Crippen LogP contribution in [0, 0.1) is 23.7 Å². The number of rotatable bonds is 1. The molecule has 0 aromatic heterocycles. The molecule has 0 heterocycles. The van der Waals surface area contributed by atoms with E-state index in [4.69, 9.17) is 0 Å². The zero-order chi connectivity index (χ0) is 11.2. The van der Waals surface area contributed by atoms with Gasteiger partial charge in [0.25, 0.3) is 0 Å². The van der Waals surface area contributed by atoms with Crippen LogP contribution in [0.3, 0.4) is 0 Å². The first-order valence-corrected chi connectivity index (χ1v) is 6.17. The molecule has 0 aliphatic heterocycles. The molecule has 2 aliphatic rings. The van der Waals surface area contributed by atoms with E-state index in [1.807, 2.05) is 0 Å². The molecule has 82 valence electrons. The van der Waals surface area contributed by atoms with E-state index in [0.717, 1.165) is 12.8 Å². The molecule has 2 fully saturated rings. The lowest BCUT2D eigenvalue weighted by Gasteiger charge is -2.58. The fourth-order valence-electron chi connectivity index (χ4n) is 3.48. The van der Waals surface area contributed by atoms with Crippen molar-refractivity contribution in [2.45, 2.75) is 44.4 Å². The molecule has 16 heavy (non-hydrogen) atoms. The van der Waals surface area contributed by atoms with E-state index in [9.17, 15) is 5.26 Å². The van der Waals surface area contributed by atoms with Crippen molar-refractivity contribution in [3.63, 3.8) is 0 Å². The summed E-state index contributed by atoms with van der Waals surface area (Å²) in [4.78, 5) is 0. The smallest absolute Gasteiger partial charge is 0.0833 e. The van der Waals surface area contributed by atoms with Crippen LogP contribution in [0.4, 0.5) is 0 Å². The minimum Gasteiger partial charge on any atom is -0.197 e. The highest BCUT2D eigenvalue weighted by Gasteiger charge is 2.58. The van der Waals surface area contributed by atoms with Gasteiger partial charge in [0.1, 0.15) is 0 Å². The Balaban J connectivity index is 1.87. The molecule has 0 atom stereocenters. The Morgan fingerprint density at radius 2 is 1.75 bits per heavy atom. The van der Waals surface area contributed by atoms with Crippen LogP contribution in [0.5, 0.6) is 0 Å². The van der Waals surface area contributed by atoms with Crippen LogP contribution in [-0.2, 0) is 5.41 Å². The van der Waals surface area contributed by atoms with E-state index >= 15 is 0 Å². The van der Waals surface area contributed by atoms with Gasteiger partial charge in [0.05, 0.1) is 11.5 Å². The van der Waals surface area contributed by atoms with Gasteiger partial charge in [-0.3, -0.25) is 0 Å². The fraction of sp³-hybridized carbons (Fsp3) is 0.533. The number of hydrogen-bond donors (Lipinski definition) is 0. The van der Waals surface area contributed by atoms with Gasteiger partial charge in [-0.1, -0.05) is 36.2 Å². The second-order valence-corrected chi connectivity index (χ2v) is 5.77. The summed E-state index contributed by atoms with van der Waals surface area (Å²) in [5.41, 5.74) is 2.90. The summed E-state index contributed by atoms with van der Waals surface area (Å²) in [7, 11) is 0. The van der Waals surface area contributed by atoms with Gasteiger partial charge < -0.3 is 0 Å². The van der Waals surface area contributed by atoms with Gasteiger partial charge in [-0.25, -0.2) is 0 Å². The molecule has 1 heteroatoms. The van der Waals surface area contributed by atoms with E-state index in [0.29, 0.717) is 5.41 Å². The van der Waals surface area contributed by atoms with E-state index in [2.05, 4.69) is 37.3 Å². The van der Waals surface area contributed by atoms with Crippen LogP contribution in [0.1, 0.15) is 43.2 Å². The van der Waals surface area contributed by atoms with Crippen molar-refractivity contribution in [2.75, 3.05) is 0 Å². The second kappa shape index (κ2) is 3.10. The SMILES string of the molecule is Cc1ccc(C2(C#N)CC3(CCC3)C2)cc1. The maximum Gasteiger partial charge on any atom is 0.0833 e. The van der Waals surface area contributed by atoms with Crippen molar-refractivity contribution in [3.05, 3.63) is 35.4 Å². The first-order valence-electron chi connectivity index (χ1n) is 6.17. The van der Waals surface area contributed by atoms with Crippen LogP contribution >= 0.6 is 0 Å². The maximum absolute atomic E-state index is 9.46. The summed E-state index contributed by atoms with van der Waals surface area (Å²) in [6.45, 7) is 2.09. The van der Waals surface area contributed by atoms with Gasteiger partial charge in [-0.05, 0) is 43.6 Å². The Labute approximate surface area is 97.1 Å². The first-order chi connectivity index (χ1) is 7.68. The molecule has 0 amide bonds.